The van der Waals surface area contributed by atoms with E-state index in [4.69, 9.17) is 9.47 Å². The van der Waals surface area contributed by atoms with Crippen LogP contribution in [0.5, 0.6) is 0 Å². The van der Waals surface area contributed by atoms with Crippen molar-refractivity contribution >= 4 is 23.7 Å². The van der Waals surface area contributed by atoms with Crippen LogP contribution in [0.25, 0.3) is 6.08 Å². The Hall–Kier alpha value is -2.25. The van der Waals surface area contributed by atoms with E-state index < -0.39 is 0 Å². The van der Waals surface area contributed by atoms with E-state index in [2.05, 4.69) is 10.3 Å². The van der Waals surface area contributed by atoms with Crippen molar-refractivity contribution < 1.29 is 19.1 Å². The predicted molar refractivity (Wildman–Crippen MR) is 97.7 cm³/mol. The normalized spacial score (nSPS) is 17.1. The summed E-state index contributed by atoms with van der Waals surface area (Å²) >= 11 is 0. The van der Waals surface area contributed by atoms with E-state index in [9.17, 15) is 9.59 Å². The minimum atomic E-state index is -0.0230. The summed E-state index contributed by atoms with van der Waals surface area (Å²) in [6.07, 6.45) is 7.15. The first-order valence-corrected chi connectivity index (χ1v) is 9.11. The Labute approximate surface area is 153 Å². The van der Waals surface area contributed by atoms with Gasteiger partial charge >= 0.3 is 0 Å². The van der Waals surface area contributed by atoms with Gasteiger partial charge in [0.25, 0.3) is 0 Å². The van der Waals surface area contributed by atoms with Crippen molar-refractivity contribution in [2.45, 2.75) is 32.3 Å². The van der Waals surface area contributed by atoms with Crippen molar-refractivity contribution in [1.82, 2.24) is 9.88 Å². The molecule has 2 aliphatic heterocycles. The van der Waals surface area contributed by atoms with Gasteiger partial charge in [-0.25, -0.2) is 4.98 Å². The standard InChI is InChI=1S/C19H25N3O4/c1-2-25-8-3-9-26-16-12-22(13-16)18(24)7-4-14-10-15-5-6-17(23)21-19(15)20-11-14/h4,7,10-11,16H,2-3,5-6,8-9,12-13H2,1H3,(H,20,21,23)/b7-4+. The molecule has 0 atom stereocenters. The van der Waals surface area contributed by atoms with Crippen LogP contribution >= 0.6 is 0 Å². The van der Waals surface area contributed by atoms with E-state index in [-0.39, 0.29) is 17.9 Å². The Kier molecular flexibility index (Phi) is 6.35. The second-order valence-corrected chi connectivity index (χ2v) is 6.44. The number of hydrogen-bond acceptors (Lipinski definition) is 5. The molecule has 0 saturated carbocycles. The molecule has 2 aliphatic rings. The summed E-state index contributed by atoms with van der Waals surface area (Å²) in [7, 11) is 0. The Balaban J connectivity index is 1.41. The Morgan fingerprint density at radius 1 is 1.38 bits per heavy atom. The molecule has 1 aromatic rings. The number of carbonyl (C=O) groups is 2. The summed E-state index contributed by atoms with van der Waals surface area (Å²) in [5.74, 6) is 0.595. The molecule has 2 amide bonds. The second kappa shape index (κ2) is 8.91. The van der Waals surface area contributed by atoms with E-state index in [1.165, 1.54) is 0 Å². The molecular weight excluding hydrogens is 334 g/mol. The van der Waals surface area contributed by atoms with Gasteiger partial charge in [-0.1, -0.05) is 0 Å². The van der Waals surface area contributed by atoms with Crippen LogP contribution in [0.4, 0.5) is 5.82 Å². The maximum Gasteiger partial charge on any atom is 0.246 e. The molecule has 1 fully saturated rings. The van der Waals surface area contributed by atoms with Crippen molar-refractivity contribution in [2.75, 3.05) is 38.2 Å². The number of rotatable bonds is 8. The zero-order valence-corrected chi connectivity index (χ0v) is 15.1. The average Bonchev–Trinajstić information content (AvgIpc) is 2.61. The van der Waals surface area contributed by atoms with Gasteiger partial charge in [0.1, 0.15) is 5.82 Å². The number of aryl methyl sites for hydroxylation is 1. The lowest BCUT2D eigenvalue weighted by molar-refractivity contribution is -0.139. The lowest BCUT2D eigenvalue weighted by Crippen LogP contribution is -2.54. The summed E-state index contributed by atoms with van der Waals surface area (Å²) in [6.45, 7) is 5.35. The van der Waals surface area contributed by atoms with Gasteiger partial charge < -0.3 is 19.7 Å². The fourth-order valence-corrected chi connectivity index (χ4v) is 2.92. The lowest BCUT2D eigenvalue weighted by atomic mass is 10.0. The van der Waals surface area contributed by atoms with Crippen molar-refractivity contribution in [3.63, 3.8) is 0 Å². The average molecular weight is 359 g/mol. The number of amides is 2. The van der Waals surface area contributed by atoms with Gasteiger partial charge in [-0.2, -0.15) is 0 Å². The van der Waals surface area contributed by atoms with Gasteiger partial charge in [0.15, 0.2) is 0 Å². The van der Waals surface area contributed by atoms with E-state index in [1.807, 2.05) is 13.0 Å². The number of hydrogen-bond donors (Lipinski definition) is 1. The minimum Gasteiger partial charge on any atom is -0.382 e. The predicted octanol–water partition coefficient (Wildman–Crippen LogP) is 1.63. The van der Waals surface area contributed by atoms with E-state index in [0.29, 0.717) is 45.0 Å². The molecule has 0 unspecified atom stereocenters. The molecule has 3 rings (SSSR count). The molecular formula is C19H25N3O4. The van der Waals surface area contributed by atoms with Crippen molar-refractivity contribution in [3.8, 4) is 0 Å². The highest BCUT2D eigenvalue weighted by Crippen LogP contribution is 2.21. The smallest absolute Gasteiger partial charge is 0.246 e. The molecule has 0 spiro atoms. The highest BCUT2D eigenvalue weighted by atomic mass is 16.5. The first kappa shape index (κ1) is 18.5. The summed E-state index contributed by atoms with van der Waals surface area (Å²) in [5.41, 5.74) is 1.86. The lowest BCUT2D eigenvalue weighted by Gasteiger charge is -2.38. The second-order valence-electron chi connectivity index (χ2n) is 6.44. The third-order valence-corrected chi connectivity index (χ3v) is 4.44. The third-order valence-electron chi connectivity index (χ3n) is 4.44. The number of nitrogens with one attached hydrogen (secondary N) is 1. The monoisotopic (exact) mass is 359 g/mol. The molecule has 7 nitrogen and oxygen atoms in total. The SMILES string of the molecule is CCOCCCOC1CN(C(=O)/C=C/c2cnc3c(c2)CCC(=O)N3)C1. The highest BCUT2D eigenvalue weighted by molar-refractivity contribution is 5.94. The molecule has 1 N–H and O–H groups in total. The molecule has 3 heterocycles. The molecule has 0 bridgehead atoms. The van der Waals surface area contributed by atoms with Gasteiger partial charge in [0.05, 0.1) is 6.10 Å². The summed E-state index contributed by atoms with van der Waals surface area (Å²) in [6, 6.07) is 1.96. The van der Waals surface area contributed by atoms with Crippen LogP contribution in [0, 0.1) is 0 Å². The van der Waals surface area contributed by atoms with Gasteiger partial charge in [0, 0.05) is 51.6 Å². The minimum absolute atomic E-state index is 0.00378. The number of pyridine rings is 1. The van der Waals surface area contributed by atoms with Crippen LogP contribution in [-0.4, -0.2) is 60.7 Å². The van der Waals surface area contributed by atoms with Crippen molar-refractivity contribution in [1.29, 1.82) is 0 Å². The van der Waals surface area contributed by atoms with Gasteiger partial charge in [-0.15, -0.1) is 0 Å². The quantitative estimate of drug-likeness (QED) is 0.564. The molecule has 7 heteroatoms. The zero-order valence-electron chi connectivity index (χ0n) is 15.1. The molecule has 0 aromatic carbocycles. The first-order chi connectivity index (χ1) is 12.7. The van der Waals surface area contributed by atoms with E-state index in [0.717, 1.165) is 24.2 Å². The fourth-order valence-electron chi connectivity index (χ4n) is 2.92. The van der Waals surface area contributed by atoms with Gasteiger partial charge in [0.2, 0.25) is 11.8 Å². The third kappa shape index (κ3) is 4.89. The number of aromatic nitrogens is 1. The van der Waals surface area contributed by atoms with Crippen LogP contribution in [0.15, 0.2) is 18.3 Å². The van der Waals surface area contributed by atoms with Crippen LogP contribution in [0.2, 0.25) is 0 Å². The van der Waals surface area contributed by atoms with Crippen LogP contribution in [0.1, 0.15) is 30.9 Å². The number of ether oxygens (including phenoxy) is 2. The van der Waals surface area contributed by atoms with Crippen LogP contribution in [-0.2, 0) is 25.5 Å². The molecule has 0 radical (unpaired) electrons. The van der Waals surface area contributed by atoms with Gasteiger partial charge in [-0.3, -0.25) is 9.59 Å². The topological polar surface area (TPSA) is 80.8 Å². The fraction of sp³-hybridized carbons (Fsp3) is 0.526. The molecule has 1 saturated heterocycles. The maximum atomic E-state index is 12.2. The Bertz CT molecular complexity index is 683. The number of likely N-dealkylation sites (tertiary alicyclic amines) is 1. The van der Waals surface area contributed by atoms with Crippen LogP contribution < -0.4 is 5.32 Å². The van der Waals surface area contributed by atoms with Gasteiger partial charge in [-0.05, 0) is 43.0 Å². The number of carbonyl (C=O) groups excluding carboxylic acids is 2. The van der Waals surface area contributed by atoms with Crippen molar-refractivity contribution in [2.24, 2.45) is 0 Å². The summed E-state index contributed by atoms with van der Waals surface area (Å²) in [4.78, 5) is 29.5. The molecule has 140 valence electrons. The van der Waals surface area contributed by atoms with Crippen LogP contribution in [0.3, 0.4) is 0 Å². The summed E-state index contributed by atoms with van der Waals surface area (Å²) in [5, 5.41) is 2.75. The Morgan fingerprint density at radius 3 is 3.04 bits per heavy atom. The molecule has 1 aromatic heterocycles. The number of nitrogens with zero attached hydrogens (tertiary/aromatic N) is 2. The van der Waals surface area contributed by atoms with E-state index >= 15 is 0 Å². The number of anilines is 1. The van der Waals surface area contributed by atoms with Crippen molar-refractivity contribution in [3.05, 3.63) is 29.5 Å². The zero-order chi connectivity index (χ0) is 18.4. The maximum absolute atomic E-state index is 12.2. The Morgan fingerprint density at radius 2 is 2.23 bits per heavy atom. The molecule has 26 heavy (non-hydrogen) atoms. The summed E-state index contributed by atoms with van der Waals surface area (Å²) < 4.78 is 11.0. The number of fused-ring (bicyclic) bond motifs is 1. The first-order valence-electron chi connectivity index (χ1n) is 9.11. The largest absolute Gasteiger partial charge is 0.382 e. The highest BCUT2D eigenvalue weighted by Gasteiger charge is 2.29. The van der Waals surface area contributed by atoms with E-state index in [1.54, 1.807) is 23.2 Å². The molecule has 0 aliphatic carbocycles.